The number of alkyl carbamates (subject to hydrolysis) is 1. The number of ether oxygens (including phenoxy) is 3. The SMILES string of the molecule is CC(C)(C)OC(=O)N[C@H]1CSc2cc(F)c(-c3noc(C4(CO)CCCO4)n3)cc2N(Cc2ccc(Oc3ccccc3)cc2)C1=O. The van der Waals surface area contributed by atoms with Crippen molar-refractivity contribution in [3.05, 3.63) is 84.0 Å². The summed E-state index contributed by atoms with van der Waals surface area (Å²) in [5.74, 6) is 0.437. The summed E-state index contributed by atoms with van der Waals surface area (Å²) in [6.07, 6.45) is 0.457. The fourth-order valence-electron chi connectivity index (χ4n) is 5.36. The number of aliphatic hydroxyl groups excluding tert-OH is 1. The van der Waals surface area contributed by atoms with Gasteiger partial charge < -0.3 is 34.1 Å². The fraction of sp³-hybridized carbons (Fsp3) is 0.353. The first-order valence-corrected chi connectivity index (χ1v) is 16.2. The molecule has 3 heterocycles. The number of hydrogen-bond donors (Lipinski definition) is 2. The van der Waals surface area contributed by atoms with Crippen LogP contribution in [-0.4, -0.2) is 57.9 Å². The third-order valence-electron chi connectivity index (χ3n) is 7.66. The van der Waals surface area contributed by atoms with E-state index in [4.69, 9.17) is 18.7 Å². The Hall–Kier alpha value is -4.46. The third-order valence-corrected chi connectivity index (χ3v) is 8.80. The number of halogens is 1. The standard InChI is InChI=1S/C34H35FN4O7S/c1-33(2,3)45-32(42)36-26-19-47-28-17-25(35)24(29-37-31(46-38-29)34(20-40)14-7-15-43-34)16-27(28)39(30(26)41)18-21-10-12-23(13-11-21)44-22-8-5-4-6-9-22/h4-6,8-13,16-17,26,40H,7,14-15,18-20H2,1-3H3,(H,36,42)/t26-,34?/m0/s1. The smallest absolute Gasteiger partial charge is 0.408 e. The maximum atomic E-state index is 15.7. The molecule has 2 atom stereocenters. The summed E-state index contributed by atoms with van der Waals surface area (Å²) in [4.78, 5) is 33.3. The fourth-order valence-corrected chi connectivity index (χ4v) is 6.43. The average Bonchev–Trinajstić information content (AvgIpc) is 3.71. The number of thioether (sulfide) groups is 1. The number of amides is 2. The maximum Gasteiger partial charge on any atom is 0.408 e. The molecule has 2 N–H and O–H groups in total. The first-order chi connectivity index (χ1) is 22.5. The lowest BCUT2D eigenvalue weighted by Gasteiger charge is -2.27. The van der Waals surface area contributed by atoms with E-state index in [2.05, 4.69) is 15.5 Å². The number of hydrogen-bond acceptors (Lipinski definition) is 10. The van der Waals surface area contributed by atoms with Crippen LogP contribution in [0.1, 0.15) is 45.1 Å². The highest BCUT2D eigenvalue weighted by molar-refractivity contribution is 7.99. The summed E-state index contributed by atoms with van der Waals surface area (Å²) in [5, 5.41) is 16.7. The van der Waals surface area contributed by atoms with Gasteiger partial charge in [0.2, 0.25) is 5.82 Å². The summed E-state index contributed by atoms with van der Waals surface area (Å²) >= 11 is 1.24. The Morgan fingerprint density at radius 1 is 1.15 bits per heavy atom. The van der Waals surface area contributed by atoms with E-state index in [1.807, 2.05) is 42.5 Å². The van der Waals surface area contributed by atoms with Crippen LogP contribution in [0.4, 0.5) is 14.9 Å². The minimum atomic E-state index is -1.14. The van der Waals surface area contributed by atoms with Gasteiger partial charge in [0.15, 0.2) is 5.60 Å². The van der Waals surface area contributed by atoms with Crippen LogP contribution in [0.25, 0.3) is 11.4 Å². The molecule has 1 saturated heterocycles. The number of rotatable bonds is 8. The monoisotopic (exact) mass is 662 g/mol. The van der Waals surface area contributed by atoms with Gasteiger partial charge in [0.05, 0.1) is 24.4 Å². The number of carbonyl (C=O) groups is 2. The molecule has 246 valence electrons. The number of nitrogens with one attached hydrogen (secondary N) is 1. The summed E-state index contributed by atoms with van der Waals surface area (Å²) in [7, 11) is 0. The van der Waals surface area contributed by atoms with E-state index in [0.29, 0.717) is 41.5 Å². The van der Waals surface area contributed by atoms with Crippen molar-refractivity contribution in [1.29, 1.82) is 0 Å². The number of aromatic nitrogens is 2. The Balaban J connectivity index is 1.33. The summed E-state index contributed by atoms with van der Waals surface area (Å²) in [6, 6.07) is 18.5. The molecule has 1 unspecified atom stereocenters. The Bertz CT molecular complexity index is 1740. The minimum absolute atomic E-state index is 0.00778. The molecule has 4 aromatic rings. The Morgan fingerprint density at radius 3 is 2.57 bits per heavy atom. The van der Waals surface area contributed by atoms with Crippen molar-refractivity contribution in [3.8, 4) is 22.9 Å². The van der Waals surface area contributed by atoms with Crippen molar-refractivity contribution >= 4 is 29.4 Å². The van der Waals surface area contributed by atoms with Gasteiger partial charge in [0.25, 0.3) is 11.8 Å². The van der Waals surface area contributed by atoms with Gasteiger partial charge in [-0.1, -0.05) is 35.5 Å². The second kappa shape index (κ2) is 13.3. The number of benzene rings is 3. The van der Waals surface area contributed by atoms with E-state index in [9.17, 15) is 14.7 Å². The van der Waals surface area contributed by atoms with Crippen LogP contribution in [0.5, 0.6) is 11.5 Å². The van der Waals surface area contributed by atoms with Gasteiger partial charge in [-0.15, -0.1) is 11.8 Å². The van der Waals surface area contributed by atoms with Crippen LogP contribution >= 0.6 is 11.8 Å². The highest BCUT2D eigenvalue weighted by atomic mass is 32.2. The molecule has 2 amide bonds. The lowest BCUT2D eigenvalue weighted by atomic mass is 10.0. The number of para-hydroxylation sites is 1. The van der Waals surface area contributed by atoms with Crippen LogP contribution in [-0.2, 0) is 26.4 Å². The zero-order valence-electron chi connectivity index (χ0n) is 26.2. The van der Waals surface area contributed by atoms with Crippen molar-refractivity contribution in [2.24, 2.45) is 0 Å². The van der Waals surface area contributed by atoms with Crippen molar-refractivity contribution in [2.75, 3.05) is 23.9 Å². The van der Waals surface area contributed by atoms with Gasteiger partial charge in [0.1, 0.15) is 29.0 Å². The van der Waals surface area contributed by atoms with Gasteiger partial charge in [-0.05, 0) is 75.6 Å². The number of anilines is 1. The van der Waals surface area contributed by atoms with Crippen LogP contribution < -0.4 is 15.0 Å². The zero-order chi connectivity index (χ0) is 33.2. The third kappa shape index (κ3) is 7.27. The molecular formula is C34H35FN4O7S. The second-order valence-corrected chi connectivity index (χ2v) is 13.4. The van der Waals surface area contributed by atoms with Crippen LogP contribution in [0.15, 0.2) is 76.1 Å². The molecule has 0 bridgehead atoms. The average molecular weight is 663 g/mol. The van der Waals surface area contributed by atoms with Crippen molar-refractivity contribution < 1.29 is 37.8 Å². The molecule has 2 aliphatic rings. The largest absolute Gasteiger partial charge is 0.457 e. The molecular weight excluding hydrogens is 627 g/mol. The van der Waals surface area contributed by atoms with Gasteiger partial charge in [-0.2, -0.15) is 4.98 Å². The molecule has 1 fully saturated rings. The Morgan fingerprint density at radius 2 is 1.89 bits per heavy atom. The molecule has 3 aromatic carbocycles. The predicted octanol–water partition coefficient (Wildman–Crippen LogP) is 6.20. The number of aliphatic hydroxyl groups is 1. The predicted molar refractivity (Wildman–Crippen MR) is 172 cm³/mol. The van der Waals surface area contributed by atoms with E-state index in [0.717, 1.165) is 5.56 Å². The van der Waals surface area contributed by atoms with Gasteiger partial charge in [-0.25, -0.2) is 9.18 Å². The van der Waals surface area contributed by atoms with E-state index in [-0.39, 0.29) is 36.2 Å². The normalized spacial score (nSPS) is 19.6. The Labute approximate surface area is 275 Å². The zero-order valence-corrected chi connectivity index (χ0v) is 27.0. The van der Waals surface area contributed by atoms with Crippen molar-refractivity contribution in [3.63, 3.8) is 0 Å². The number of fused-ring (bicyclic) bond motifs is 1. The highest BCUT2D eigenvalue weighted by Gasteiger charge is 2.42. The van der Waals surface area contributed by atoms with Gasteiger partial charge in [0, 0.05) is 17.3 Å². The first-order valence-electron chi connectivity index (χ1n) is 15.2. The molecule has 13 heteroatoms. The summed E-state index contributed by atoms with van der Waals surface area (Å²) in [6.45, 7) is 5.38. The number of carbonyl (C=O) groups excluding carboxylic acids is 2. The van der Waals surface area contributed by atoms with E-state index in [1.165, 1.54) is 28.8 Å². The molecule has 2 aliphatic heterocycles. The van der Waals surface area contributed by atoms with Crippen LogP contribution in [0.3, 0.4) is 0 Å². The lowest BCUT2D eigenvalue weighted by molar-refractivity contribution is -0.120. The topological polar surface area (TPSA) is 136 Å². The van der Waals surface area contributed by atoms with E-state index < -0.39 is 35.1 Å². The molecule has 0 saturated carbocycles. The molecule has 1 aromatic heterocycles. The molecule has 6 rings (SSSR count). The highest BCUT2D eigenvalue weighted by Crippen LogP contribution is 2.41. The van der Waals surface area contributed by atoms with Crippen LogP contribution in [0, 0.1) is 5.82 Å². The molecule has 11 nitrogen and oxygen atoms in total. The van der Waals surface area contributed by atoms with Gasteiger partial charge >= 0.3 is 6.09 Å². The maximum absolute atomic E-state index is 15.7. The molecule has 0 spiro atoms. The van der Waals surface area contributed by atoms with Crippen LogP contribution in [0.2, 0.25) is 0 Å². The van der Waals surface area contributed by atoms with Crippen molar-refractivity contribution in [1.82, 2.24) is 15.5 Å². The molecule has 0 aliphatic carbocycles. The first kappa shape index (κ1) is 32.5. The Kier molecular flexibility index (Phi) is 9.22. The molecule has 47 heavy (non-hydrogen) atoms. The second-order valence-electron chi connectivity index (χ2n) is 12.3. The summed E-state index contributed by atoms with van der Waals surface area (Å²) in [5.41, 5.74) is -0.717. The van der Waals surface area contributed by atoms with E-state index >= 15 is 4.39 Å². The molecule has 0 radical (unpaired) electrons. The summed E-state index contributed by atoms with van der Waals surface area (Å²) < 4.78 is 38.2. The minimum Gasteiger partial charge on any atom is -0.457 e. The van der Waals surface area contributed by atoms with E-state index in [1.54, 1.807) is 32.9 Å². The number of nitrogens with zero attached hydrogens (tertiary/aromatic N) is 3. The van der Waals surface area contributed by atoms with Gasteiger partial charge in [-0.3, -0.25) is 4.79 Å². The lowest BCUT2D eigenvalue weighted by Crippen LogP contribution is -2.50. The quantitative estimate of drug-likeness (QED) is 0.225. The van der Waals surface area contributed by atoms with Crippen molar-refractivity contribution in [2.45, 2.75) is 62.3 Å².